The third kappa shape index (κ3) is 2.23. The Bertz CT molecular complexity index is 486. The average molecular weight is 293 g/mol. The molecule has 1 aromatic carbocycles. The van der Waals surface area contributed by atoms with Crippen LogP contribution < -0.4 is 0 Å². The van der Waals surface area contributed by atoms with Crippen molar-refractivity contribution in [1.29, 1.82) is 0 Å². The van der Waals surface area contributed by atoms with Crippen molar-refractivity contribution in [3.05, 3.63) is 34.3 Å². The summed E-state index contributed by atoms with van der Waals surface area (Å²) >= 11 is 3.25. The zero-order valence-electron chi connectivity index (χ0n) is 7.91. The lowest BCUT2D eigenvalue weighted by molar-refractivity contribution is 0.202. The molecular weight excluding hydrogens is 283 g/mol. The largest absolute Gasteiger partial charge is 0.238 e. The molecule has 1 unspecified atom stereocenters. The predicted molar refractivity (Wildman–Crippen MR) is 60.2 cm³/mol. The third-order valence-electron chi connectivity index (χ3n) is 2.60. The molecule has 0 spiro atoms. The molecule has 0 aromatic heterocycles. The van der Waals surface area contributed by atoms with Crippen LogP contribution in [0.15, 0.2) is 28.7 Å². The lowest BCUT2D eigenvalue weighted by atomic mass is 9.95. The molecule has 1 aromatic rings. The monoisotopic (exact) mass is 292 g/mol. The van der Waals surface area contributed by atoms with E-state index >= 15 is 0 Å². The highest BCUT2D eigenvalue weighted by atomic mass is 79.9. The molecule has 1 atom stereocenters. The van der Waals surface area contributed by atoms with Crippen LogP contribution in [0.25, 0.3) is 0 Å². The molecule has 1 fully saturated rings. The third-order valence-corrected chi connectivity index (χ3v) is 4.82. The van der Waals surface area contributed by atoms with Crippen molar-refractivity contribution in [2.24, 2.45) is 0 Å². The summed E-state index contributed by atoms with van der Waals surface area (Å²) in [7, 11) is -3.21. The lowest BCUT2D eigenvalue weighted by Crippen LogP contribution is -2.21. The van der Waals surface area contributed by atoms with Crippen molar-refractivity contribution >= 4 is 25.8 Å². The van der Waals surface area contributed by atoms with Crippen LogP contribution in [0.5, 0.6) is 0 Å². The number of hydrogen-bond acceptors (Lipinski definition) is 2. The fourth-order valence-corrected chi connectivity index (χ4v) is 3.99. The van der Waals surface area contributed by atoms with Crippen LogP contribution in [0.4, 0.5) is 4.39 Å². The van der Waals surface area contributed by atoms with Gasteiger partial charge in [-0.05, 0) is 17.7 Å². The molecule has 82 valence electrons. The summed E-state index contributed by atoms with van der Waals surface area (Å²) in [4.78, 5) is 0. The van der Waals surface area contributed by atoms with Crippen molar-refractivity contribution < 1.29 is 12.8 Å². The summed E-state index contributed by atoms with van der Waals surface area (Å²) in [5.74, 6) is -0.452. The summed E-state index contributed by atoms with van der Waals surface area (Å²) in [6, 6.07) is 6.77. The van der Waals surface area contributed by atoms with Crippen LogP contribution in [0.1, 0.15) is 12.0 Å². The van der Waals surface area contributed by atoms with Crippen molar-refractivity contribution in [3.63, 3.8) is 0 Å². The van der Waals surface area contributed by atoms with Gasteiger partial charge in [-0.2, -0.15) is 0 Å². The average Bonchev–Trinajstić information content (AvgIpc) is 2.42. The summed E-state index contributed by atoms with van der Waals surface area (Å²) in [5, 5.41) is 0. The maximum Gasteiger partial charge on any atom is 0.153 e. The maximum absolute atomic E-state index is 14.3. The first kappa shape index (κ1) is 11.1. The first-order valence-electron chi connectivity index (χ1n) is 4.57. The zero-order chi connectivity index (χ0) is 11.1. The predicted octanol–water partition coefficient (Wildman–Crippen LogP) is 2.43. The Labute approximate surface area is 96.5 Å². The molecule has 0 N–H and O–H groups in total. The SMILES string of the molecule is O=S1(=O)CCC(F)(c2cccc(Br)c2)C1. The van der Waals surface area contributed by atoms with E-state index in [0.717, 1.165) is 4.47 Å². The van der Waals surface area contributed by atoms with Gasteiger partial charge in [0.15, 0.2) is 15.5 Å². The van der Waals surface area contributed by atoms with Crippen LogP contribution in [0.3, 0.4) is 0 Å². The van der Waals surface area contributed by atoms with E-state index in [0.29, 0.717) is 5.56 Å². The molecule has 1 aliphatic heterocycles. The minimum absolute atomic E-state index is 0.0595. The summed E-state index contributed by atoms with van der Waals surface area (Å²) in [5.41, 5.74) is -1.26. The fourth-order valence-electron chi connectivity index (χ4n) is 1.81. The summed E-state index contributed by atoms with van der Waals surface area (Å²) in [6.45, 7) is 0. The van der Waals surface area contributed by atoms with E-state index < -0.39 is 21.3 Å². The Hall–Kier alpha value is -0.420. The van der Waals surface area contributed by atoms with E-state index in [2.05, 4.69) is 15.9 Å². The van der Waals surface area contributed by atoms with Gasteiger partial charge in [-0.15, -0.1) is 0 Å². The number of rotatable bonds is 1. The molecule has 0 aliphatic carbocycles. The molecule has 0 amide bonds. The highest BCUT2D eigenvalue weighted by Gasteiger charge is 2.44. The number of hydrogen-bond donors (Lipinski definition) is 0. The molecular formula is C10H10BrFO2S. The first-order chi connectivity index (χ1) is 6.91. The van der Waals surface area contributed by atoms with Gasteiger partial charge in [0.2, 0.25) is 0 Å². The normalized spacial score (nSPS) is 29.2. The van der Waals surface area contributed by atoms with Gasteiger partial charge in [-0.3, -0.25) is 0 Å². The number of sulfone groups is 1. The van der Waals surface area contributed by atoms with Gasteiger partial charge >= 0.3 is 0 Å². The number of halogens is 2. The molecule has 2 nitrogen and oxygen atoms in total. The molecule has 0 radical (unpaired) electrons. The molecule has 15 heavy (non-hydrogen) atoms. The maximum atomic E-state index is 14.3. The van der Waals surface area contributed by atoms with Gasteiger partial charge < -0.3 is 0 Å². The van der Waals surface area contributed by atoms with Crippen LogP contribution in [0.2, 0.25) is 0 Å². The van der Waals surface area contributed by atoms with Crippen molar-refractivity contribution in [2.45, 2.75) is 12.1 Å². The van der Waals surface area contributed by atoms with Crippen LogP contribution in [-0.2, 0) is 15.5 Å². The second-order valence-electron chi connectivity index (χ2n) is 3.82. The van der Waals surface area contributed by atoms with E-state index in [1.807, 2.05) is 0 Å². The fraction of sp³-hybridized carbons (Fsp3) is 0.400. The van der Waals surface area contributed by atoms with Gasteiger partial charge in [0.05, 0.1) is 11.5 Å². The quantitative estimate of drug-likeness (QED) is 0.797. The van der Waals surface area contributed by atoms with Gasteiger partial charge in [-0.1, -0.05) is 28.1 Å². The second-order valence-corrected chi connectivity index (χ2v) is 6.92. The van der Waals surface area contributed by atoms with Crippen molar-refractivity contribution in [3.8, 4) is 0 Å². The van der Waals surface area contributed by atoms with E-state index in [9.17, 15) is 12.8 Å². The zero-order valence-corrected chi connectivity index (χ0v) is 10.3. The van der Waals surface area contributed by atoms with Crippen LogP contribution in [0, 0.1) is 0 Å². The van der Waals surface area contributed by atoms with Crippen LogP contribution >= 0.6 is 15.9 Å². The summed E-state index contributed by atoms with van der Waals surface area (Å²) in [6.07, 6.45) is 0.0613. The number of alkyl halides is 1. The van der Waals surface area contributed by atoms with Gasteiger partial charge in [0.25, 0.3) is 0 Å². The Kier molecular flexibility index (Phi) is 2.63. The molecule has 1 aliphatic rings. The number of benzene rings is 1. The minimum atomic E-state index is -3.21. The highest BCUT2D eigenvalue weighted by Crippen LogP contribution is 2.38. The smallest absolute Gasteiger partial charge is 0.153 e. The molecule has 1 saturated heterocycles. The Balaban J connectivity index is 2.40. The molecule has 1 heterocycles. The molecule has 2 rings (SSSR count). The Morgan fingerprint density at radius 1 is 1.40 bits per heavy atom. The minimum Gasteiger partial charge on any atom is -0.238 e. The van der Waals surface area contributed by atoms with E-state index in [-0.39, 0.29) is 12.2 Å². The molecule has 5 heteroatoms. The Morgan fingerprint density at radius 2 is 2.13 bits per heavy atom. The van der Waals surface area contributed by atoms with Gasteiger partial charge in [0, 0.05) is 10.9 Å². The van der Waals surface area contributed by atoms with Crippen LogP contribution in [-0.4, -0.2) is 19.9 Å². The van der Waals surface area contributed by atoms with E-state index in [1.165, 1.54) is 0 Å². The standard InChI is InChI=1S/C10H10BrFO2S/c11-9-3-1-2-8(6-9)10(12)4-5-15(13,14)7-10/h1-3,6H,4-5,7H2. The molecule has 0 saturated carbocycles. The first-order valence-corrected chi connectivity index (χ1v) is 7.18. The van der Waals surface area contributed by atoms with Crippen molar-refractivity contribution in [2.75, 3.05) is 11.5 Å². The Morgan fingerprint density at radius 3 is 2.67 bits per heavy atom. The van der Waals surface area contributed by atoms with Gasteiger partial charge in [0.1, 0.15) is 0 Å². The second kappa shape index (κ2) is 3.56. The lowest BCUT2D eigenvalue weighted by Gasteiger charge is -2.17. The highest BCUT2D eigenvalue weighted by molar-refractivity contribution is 9.10. The summed E-state index contributed by atoms with van der Waals surface area (Å²) < 4.78 is 37.6. The topological polar surface area (TPSA) is 34.1 Å². The van der Waals surface area contributed by atoms with E-state index in [1.54, 1.807) is 24.3 Å². The van der Waals surface area contributed by atoms with Crippen molar-refractivity contribution in [1.82, 2.24) is 0 Å². The van der Waals surface area contributed by atoms with Gasteiger partial charge in [-0.25, -0.2) is 12.8 Å². The molecule has 0 bridgehead atoms. The van der Waals surface area contributed by atoms with E-state index in [4.69, 9.17) is 0 Å².